The van der Waals surface area contributed by atoms with Gasteiger partial charge in [0, 0.05) is 12.6 Å². The Labute approximate surface area is 124 Å². The fourth-order valence-corrected chi connectivity index (χ4v) is 3.25. The molecular formula is C15H26F3N3. The number of guanidine groups is 1. The quantitative estimate of drug-likeness (QED) is 0.603. The van der Waals surface area contributed by atoms with E-state index in [0.717, 1.165) is 12.3 Å². The lowest BCUT2D eigenvalue weighted by Gasteiger charge is -2.22. The van der Waals surface area contributed by atoms with Crippen molar-refractivity contribution in [1.29, 1.82) is 0 Å². The van der Waals surface area contributed by atoms with Crippen LogP contribution < -0.4 is 10.6 Å². The SMILES string of the molecule is CCNC(=NCCC(F)(F)F)NC1CC1C1CCCCC1. The van der Waals surface area contributed by atoms with Crippen LogP contribution >= 0.6 is 0 Å². The Hall–Kier alpha value is -0.940. The first-order chi connectivity index (χ1) is 9.99. The molecule has 2 aliphatic rings. The Morgan fingerprint density at radius 2 is 1.90 bits per heavy atom. The van der Waals surface area contributed by atoms with Gasteiger partial charge >= 0.3 is 6.18 Å². The van der Waals surface area contributed by atoms with Crippen molar-refractivity contribution in [3.63, 3.8) is 0 Å². The van der Waals surface area contributed by atoms with E-state index in [0.29, 0.717) is 24.5 Å². The Bertz CT molecular complexity index is 349. The van der Waals surface area contributed by atoms with Gasteiger partial charge in [0.25, 0.3) is 0 Å². The third kappa shape index (κ3) is 5.75. The van der Waals surface area contributed by atoms with Crippen molar-refractivity contribution >= 4 is 5.96 Å². The van der Waals surface area contributed by atoms with E-state index in [9.17, 15) is 13.2 Å². The van der Waals surface area contributed by atoms with Crippen molar-refractivity contribution in [2.75, 3.05) is 13.1 Å². The average Bonchev–Trinajstić information content (AvgIpc) is 3.18. The molecule has 0 heterocycles. The molecule has 122 valence electrons. The van der Waals surface area contributed by atoms with Crippen molar-refractivity contribution < 1.29 is 13.2 Å². The normalized spacial score (nSPS) is 27.5. The molecule has 0 amide bonds. The maximum atomic E-state index is 12.2. The van der Waals surface area contributed by atoms with Crippen LogP contribution in [0.4, 0.5) is 13.2 Å². The highest BCUT2D eigenvalue weighted by Gasteiger charge is 2.43. The molecule has 2 N–H and O–H groups in total. The van der Waals surface area contributed by atoms with Gasteiger partial charge in [0.15, 0.2) is 5.96 Å². The summed E-state index contributed by atoms with van der Waals surface area (Å²) in [5, 5.41) is 6.33. The van der Waals surface area contributed by atoms with Crippen LogP contribution in [-0.4, -0.2) is 31.3 Å². The predicted octanol–water partition coefficient (Wildman–Crippen LogP) is 3.46. The van der Waals surface area contributed by atoms with E-state index < -0.39 is 12.6 Å². The fourth-order valence-electron chi connectivity index (χ4n) is 3.25. The van der Waals surface area contributed by atoms with E-state index in [1.807, 2.05) is 6.92 Å². The van der Waals surface area contributed by atoms with Gasteiger partial charge in [-0.1, -0.05) is 32.1 Å². The zero-order valence-electron chi connectivity index (χ0n) is 12.7. The van der Waals surface area contributed by atoms with Gasteiger partial charge in [-0.3, -0.25) is 4.99 Å². The first-order valence-electron chi connectivity index (χ1n) is 8.11. The minimum Gasteiger partial charge on any atom is -0.357 e. The zero-order valence-corrected chi connectivity index (χ0v) is 12.7. The number of nitrogens with one attached hydrogen (secondary N) is 2. The van der Waals surface area contributed by atoms with E-state index in [1.54, 1.807) is 0 Å². The molecule has 2 aliphatic carbocycles. The molecule has 21 heavy (non-hydrogen) atoms. The van der Waals surface area contributed by atoms with Gasteiger partial charge in [-0.15, -0.1) is 0 Å². The molecule has 0 bridgehead atoms. The summed E-state index contributed by atoms with van der Waals surface area (Å²) in [5.74, 6) is 2.02. The minimum absolute atomic E-state index is 0.209. The van der Waals surface area contributed by atoms with E-state index in [1.165, 1.54) is 32.1 Å². The largest absolute Gasteiger partial charge is 0.390 e. The number of nitrogens with zero attached hydrogens (tertiary/aromatic N) is 1. The van der Waals surface area contributed by atoms with Crippen molar-refractivity contribution in [2.45, 2.75) is 64.1 Å². The van der Waals surface area contributed by atoms with Crippen LogP contribution in [-0.2, 0) is 0 Å². The molecule has 0 aromatic heterocycles. The summed E-state index contributed by atoms with van der Waals surface area (Å²) >= 11 is 0. The highest BCUT2D eigenvalue weighted by atomic mass is 19.4. The number of alkyl halides is 3. The monoisotopic (exact) mass is 305 g/mol. The standard InChI is InChI=1S/C15H26F3N3/c1-2-19-14(20-9-8-15(16,17)18)21-13-10-12(13)11-6-4-3-5-7-11/h11-13H,2-10H2,1H3,(H2,19,20,21). The fraction of sp³-hybridized carbons (Fsp3) is 0.933. The van der Waals surface area contributed by atoms with Gasteiger partial charge in [-0.25, -0.2) is 0 Å². The van der Waals surface area contributed by atoms with Crippen LogP contribution in [0.1, 0.15) is 51.9 Å². The summed E-state index contributed by atoms with van der Waals surface area (Å²) in [6, 6.07) is 0.400. The second-order valence-corrected chi connectivity index (χ2v) is 6.17. The second kappa shape index (κ2) is 7.36. The van der Waals surface area contributed by atoms with Crippen LogP contribution in [0.2, 0.25) is 0 Å². The smallest absolute Gasteiger partial charge is 0.357 e. The lowest BCUT2D eigenvalue weighted by molar-refractivity contribution is -0.132. The Kier molecular flexibility index (Phi) is 5.76. The Balaban J connectivity index is 1.76. The molecule has 2 unspecified atom stereocenters. The summed E-state index contributed by atoms with van der Waals surface area (Å²) in [7, 11) is 0. The van der Waals surface area contributed by atoms with E-state index in [-0.39, 0.29) is 6.54 Å². The number of hydrogen-bond acceptors (Lipinski definition) is 1. The van der Waals surface area contributed by atoms with E-state index >= 15 is 0 Å². The molecule has 0 aliphatic heterocycles. The number of rotatable bonds is 5. The third-order valence-corrected chi connectivity index (χ3v) is 4.43. The van der Waals surface area contributed by atoms with Crippen LogP contribution in [0.15, 0.2) is 4.99 Å². The summed E-state index contributed by atoms with van der Waals surface area (Å²) in [4.78, 5) is 4.03. The lowest BCUT2D eigenvalue weighted by Crippen LogP contribution is -2.39. The first-order valence-corrected chi connectivity index (χ1v) is 8.11. The molecule has 0 saturated heterocycles. The summed E-state index contributed by atoms with van der Waals surface area (Å²) in [6.07, 6.45) is 2.76. The highest BCUT2D eigenvalue weighted by Crippen LogP contribution is 2.44. The Morgan fingerprint density at radius 1 is 1.19 bits per heavy atom. The van der Waals surface area contributed by atoms with Crippen molar-refractivity contribution in [2.24, 2.45) is 16.8 Å². The maximum absolute atomic E-state index is 12.2. The van der Waals surface area contributed by atoms with Crippen LogP contribution in [0.25, 0.3) is 0 Å². The Morgan fingerprint density at radius 3 is 2.52 bits per heavy atom. The average molecular weight is 305 g/mol. The van der Waals surface area contributed by atoms with Gasteiger partial charge < -0.3 is 10.6 Å². The molecule has 2 rings (SSSR count). The minimum atomic E-state index is -4.13. The summed E-state index contributed by atoms with van der Waals surface area (Å²) in [6.45, 7) is 2.38. The zero-order chi connectivity index (χ0) is 15.3. The first kappa shape index (κ1) is 16.4. The number of halogens is 3. The number of aliphatic imine (C=N–C) groups is 1. The van der Waals surface area contributed by atoms with Crippen LogP contribution in [0.3, 0.4) is 0 Å². The maximum Gasteiger partial charge on any atom is 0.390 e. The van der Waals surface area contributed by atoms with E-state index in [4.69, 9.17) is 0 Å². The molecule has 3 nitrogen and oxygen atoms in total. The second-order valence-electron chi connectivity index (χ2n) is 6.17. The van der Waals surface area contributed by atoms with Gasteiger partial charge in [-0.2, -0.15) is 13.2 Å². The predicted molar refractivity (Wildman–Crippen MR) is 78.3 cm³/mol. The molecule has 0 radical (unpaired) electrons. The molecule has 2 atom stereocenters. The molecule has 2 fully saturated rings. The molecule has 6 heteroatoms. The third-order valence-electron chi connectivity index (χ3n) is 4.43. The van der Waals surface area contributed by atoms with Gasteiger partial charge in [0.2, 0.25) is 0 Å². The highest BCUT2D eigenvalue weighted by molar-refractivity contribution is 5.80. The molecule has 0 aromatic carbocycles. The van der Waals surface area contributed by atoms with Crippen molar-refractivity contribution in [3.8, 4) is 0 Å². The van der Waals surface area contributed by atoms with Crippen molar-refractivity contribution in [3.05, 3.63) is 0 Å². The summed E-state index contributed by atoms with van der Waals surface area (Å²) in [5.41, 5.74) is 0. The molecular weight excluding hydrogens is 279 g/mol. The van der Waals surface area contributed by atoms with Crippen LogP contribution in [0, 0.1) is 11.8 Å². The van der Waals surface area contributed by atoms with Gasteiger partial charge in [0.05, 0.1) is 13.0 Å². The van der Waals surface area contributed by atoms with Gasteiger partial charge in [-0.05, 0) is 25.2 Å². The van der Waals surface area contributed by atoms with Gasteiger partial charge in [0.1, 0.15) is 0 Å². The summed E-state index contributed by atoms with van der Waals surface area (Å²) < 4.78 is 36.5. The number of hydrogen-bond donors (Lipinski definition) is 2. The van der Waals surface area contributed by atoms with Crippen molar-refractivity contribution in [1.82, 2.24) is 10.6 Å². The molecule has 0 spiro atoms. The molecule has 0 aromatic rings. The topological polar surface area (TPSA) is 36.4 Å². The molecule has 2 saturated carbocycles. The lowest BCUT2D eigenvalue weighted by atomic mass is 9.85. The van der Waals surface area contributed by atoms with Crippen LogP contribution in [0.5, 0.6) is 0 Å². The van der Waals surface area contributed by atoms with E-state index in [2.05, 4.69) is 15.6 Å².